The molecule has 5 nitrogen and oxygen atoms in total. The maximum atomic E-state index is 13.0. The van der Waals surface area contributed by atoms with Gasteiger partial charge in [0.15, 0.2) is 0 Å². The summed E-state index contributed by atoms with van der Waals surface area (Å²) in [6, 6.07) is 6.59. The molecule has 0 fully saturated rings. The summed E-state index contributed by atoms with van der Waals surface area (Å²) in [6.45, 7) is 0. The van der Waals surface area contributed by atoms with E-state index < -0.39 is 11.7 Å². The van der Waals surface area contributed by atoms with Crippen LogP contribution in [0, 0.1) is 5.82 Å². The third-order valence-corrected chi connectivity index (χ3v) is 2.54. The van der Waals surface area contributed by atoms with Crippen molar-refractivity contribution in [1.29, 1.82) is 0 Å². The van der Waals surface area contributed by atoms with Crippen LogP contribution in [0.4, 0.5) is 10.1 Å². The van der Waals surface area contributed by atoms with Crippen LogP contribution in [0.25, 0.3) is 0 Å². The Kier molecular flexibility index (Phi) is 3.52. The Morgan fingerprint density at radius 1 is 1.32 bits per heavy atom. The number of nitrogen functional groups attached to an aromatic ring is 1. The molecule has 0 unspecified atom stereocenters. The van der Waals surface area contributed by atoms with Gasteiger partial charge in [-0.25, -0.2) is 9.37 Å². The van der Waals surface area contributed by atoms with Crippen LogP contribution in [0.15, 0.2) is 30.3 Å². The summed E-state index contributed by atoms with van der Waals surface area (Å²) < 4.78 is 18.3. The van der Waals surface area contributed by atoms with Crippen molar-refractivity contribution >= 4 is 23.2 Å². The molecular formula is C12H9ClFN3O2. The maximum absolute atomic E-state index is 13.0. The van der Waals surface area contributed by atoms with Gasteiger partial charge in [0.1, 0.15) is 17.3 Å². The lowest BCUT2D eigenvalue weighted by molar-refractivity contribution is 0.0995. The lowest BCUT2D eigenvalue weighted by Crippen LogP contribution is -2.13. The summed E-state index contributed by atoms with van der Waals surface area (Å²) in [4.78, 5) is 14.9. The van der Waals surface area contributed by atoms with Crippen LogP contribution in [0.2, 0.25) is 5.02 Å². The molecule has 1 aromatic carbocycles. The number of rotatable bonds is 3. The third kappa shape index (κ3) is 2.92. The van der Waals surface area contributed by atoms with Crippen molar-refractivity contribution in [2.45, 2.75) is 0 Å². The Bertz CT molecular complexity index is 649. The Labute approximate surface area is 112 Å². The second kappa shape index (κ2) is 5.11. The number of amides is 1. The van der Waals surface area contributed by atoms with Gasteiger partial charge in [0.05, 0.1) is 10.7 Å². The number of hydrogen-bond donors (Lipinski definition) is 2. The number of aromatic nitrogens is 1. The number of nitrogens with two attached hydrogens (primary N) is 2. The molecule has 0 radical (unpaired) electrons. The highest BCUT2D eigenvalue weighted by Gasteiger charge is 2.10. The number of anilines is 1. The van der Waals surface area contributed by atoms with Crippen LogP contribution in [0.3, 0.4) is 0 Å². The average molecular weight is 282 g/mol. The first-order valence-corrected chi connectivity index (χ1v) is 5.54. The van der Waals surface area contributed by atoms with Crippen LogP contribution >= 0.6 is 11.6 Å². The number of hydrogen-bond acceptors (Lipinski definition) is 4. The molecule has 0 atom stereocenters. The number of halogens is 2. The standard InChI is InChI=1S/C12H9ClFN3O2/c13-7-5-6(1-2-8(7)14)19-12-9(15)3-4-10(17-12)11(16)18/h1-5H,15H2,(H2,16,18). The summed E-state index contributed by atoms with van der Waals surface area (Å²) in [7, 11) is 0. The summed E-state index contributed by atoms with van der Waals surface area (Å²) in [5.74, 6) is -1.03. The minimum absolute atomic E-state index is 0.000949. The van der Waals surface area contributed by atoms with Gasteiger partial charge in [-0.05, 0) is 24.3 Å². The number of benzene rings is 1. The Morgan fingerprint density at radius 2 is 2.05 bits per heavy atom. The molecule has 2 aromatic rings. The number of pyridine rings is 1. The van der Waals surface area contributed by atoms with Gasteiger partial charge in [-0.1, -0.05) is 11.6 Å². The third-order valence-electron chi connectivity index (χ3n) is 2.25. The summed E-state index contributed by atoms with van der Waals surface area (Å²) in [6.07, 6.45) is 0. The van der Waals surface area contributed by atoms with Gasteiger partial charge in [-0.3, -0.25) is 4.79 Å². The first-order chi connectivity index (χ1) is 8.97. The minimum Gasteiger partial charge on any atom is -0.437 e. The van der Waals surface area contributed by atoms with E-state index in [1.54, 1.807) is 0 Å². The molecular weight excluding hydrogens is 273 g/mol. The van der Waals surface area contributed by atoms with Gasteiger partial charge < -0.3 is 16.2 Å². The lowest BCUT2D eigenvalue weighted by Gasteiger charge is -2.08. The van der Waals surface area contributed by atoms with Crippen LogP contribution in [-0.4, -0.2) is 10.9 Å². The van der Waals surface area contributed by atoms with Crippen LogP contribution in [-0.2, 0) is 0 Å². The average Bonchev–Trinajstić information content (AvgIpc) is 2.36. The molecule has 0 saturated heterocycles. The fourth-order valence-electron chi connectivity index (χ4n) is 1.32. The van der Waals surface area contributed by atoms with E-state index in [1.807, 2.05) is 0 Å². The fraction of sp³-hybridized carbons (Fsp3) is 0. The largest absolute Gasteiger partial charge is 0.437 e. The zero-order valence-electron chi connectivity index (χ0n) is 9.56. The fourth-order valence-corrected chi connectivity index (χ4v) is 1.49. The van der Waals surface area contributed by atoms with E-state index in [2.05, 4.69) is 4.98 Å². The van der Waals surface area contributed by atoms with E-state index in [0.717, 1.165) is 6.07 Å². The number of ether oxygens (including phenoxy) is 1. The van der Waals surface area contributed by atoms with Crippen LogP contribution in [0.1, 0.15) is 10.5 Å². The number of primary amides is 1. The lowest BCUT2D eigenvalue weighted by atomic mass is 10.3. The van der Waals surface area contributed by atoms with Gasteiger partial charge in [0.25, 0.3) is 5.91 Å². The number of carbonyl (C=O) groups is 1. The van der Waals surface area contributed by atoms with Crippen molar-refractivity contribution in [2.75, 3.05) is 5.73 Å². The van der Waals surface area contributed by atoms with Gasteiger partial charge in [-0.15, -0.1) is 0 Å². The molecule has 1 amide bonds. The highest BCUT2D eigenvalue weighted by atomic mass is 35.5. The highest BCUT2D eigenvalue weighted by molar-refractivity contribution is 6.30. The van der Waals surface area contributed by atoms with E-state index in [9.17, 15) is 9.18 Å². The predicted molar refractivity (Wildman–Crippen MR) is 68.7 cm³/mol. The minimum atomic E-state index is -0.706. The van der Waals surface area contributed by atoms with Crippen molar-refractivity contribution in [1.82, 2.24) is 4.98 Å². The Morgan fingerprint density at radius 3 is 2.68 bits per heavy atom. The van der Waals surface area contributed by atoms with Crippen LogP contribution in [0.5, 0.6) is 11.6 Å². The molecule has 0 spiro atoms. The van der Waals surface area contributed by atoms with Crippen molar-refractivity contribution < 1.29 is 13.9 Å². The zero-order chi connectivity index (χ0) is 14.0. The zero-order valence-corrected chi connectivity index (χ0v) is 10.3. The van der Waals surface area contributed by atoms with Gasteiger partial charge in [-0.2, -0.15) is 0 Å². The first kappa shape index (κ1) is 13.1. The number of nitrogens with zero attached hydrogens (tertiary/aromatic N) is 1. The quantitative estimate of drug-likeness (QED) is 0.903. The maximum Gasteiger partial charge on any atom is 0.267 e. The molecule has 98 valence electrons. The van der Waals surface area contributed by atoms with Gasteiger partial charge in [0.2, 0.25) is 5.88 Å². The number of carbonyl (C=O) groups excluding carboxylic acids is 1. The summed E-state index contributed by atoms with van der Waals surface area (Å²) >= 11 is 5.62. The smallest absolute Gasteiger partial charge is 0.267 e. The SMILES string of the molecule is NC(=O)c1ccc(N)c(Oc2ccc(F)c(Cl)c2)n1. The molecule has 7 heteroatoms. The topological polar surface area (TPSA) is 91.2 Å². The summed E-state index contributed by atoms with van der Waals surface area (Å²) in [5, 5.41) is -0.0953. The molecule has 19 heavy (non-hydrogen) atoms. The van der Waals surface area contributed by atoms with E-state index >= 15 is 0 Å². The monoisotopic (exact) mass is 281 g/mol. The van der Waals surface area contributed by atoms with Crippen molar-refractivity contribution in [3.63, 3.8) is 0 Å². The molecule has 2 rings (SSSR count). The second-order valence-electron chi connectivity index (χ2n) is 3.63. The van der Waals surface area contributed by atoms with Gasteiger partial charge in [0, 0.05) is 6.07 Å². The molecule has 1 heterocycles. The van der Waals surface area contributed by atoms with E-state index in [4.69, 9.17) is 27.8 Å². The van der Waals surface area contributed by atoms with E-state index in [1.165, 1.54) is 24.3 Å². The molecule has 4 N–H and O–H groups in total. The van der Waals surface area contributed by atoms with Crippen LogP contribution < -0.4 is 16.2 Å². The molecule has 0 saturated carbocycles. The normalized spacial score (nSPS) is 10.2. The van der Waals surface area contributed by atoms with Crippen molar-refractivity contribution in [3.05, 3.63) is 46.9 Å². The molecule has 1 aromatic heterocycles. The van der Waals surface area contributed by atoms with Gasteiger partial charge >= 0.3 is 0 Å². The summed E-state index contributed by atoms with van der Waals surface area (Å²) in [5.41, 5.74) is 11.0. The Balaban J connectivity index is 2.34. The Hall–Kier alpha value is -2.34. The first-order valence-electron chi connectivity index (χ1n) is 5.16. The molecule has 0 aliphatic heterocycles. The predicted octanol–water partition coefficient (Wildman–Crippen LogP) is 2.35. The molecule has 0 aliphatic carbocycles. The highest BCUT2D eigenvalue weighted by Crippen LogP contribution is 2.28. The van der Waals surface area contributed by atoms with E-state index in [0.29, 0.717) is 0 Å². The second-order valence-corrected chi connectivity index (χ2v) is 4.04. The molecule has 0 bridgehead atoms. The van der Waals surface area contributed by atoms with Crippen molar-refractivity contribution in [2.24, 2.45) is 5.73 Å². The van der Waals surface area contributed by atoms with E-state index in [-0.39, 0.29) is 28.0 Å². The molecule has 0 aliphatic rings. The van der Waals surface area contributed by atoms with Crippen molar-refractivity contribution in [3.8, 4) is 11.6 Å².